The molecule has 0 aromatic heterocycles. The van der Waals surface area contributed by atoms with Gasteiger partial charge in [0.2, 0.25) is 5.91 Å². The minimum absolute atomic E-state index is 0.0701. The van der Waals surface area contributed by atoms with Crippen LogP contribution in [0.1, 0.15) is 30.1 Å². The summed E-state index contributed by atoms with van der Waals surface area (Å²) in [6.45, 7) is 3.80. The standard InChI is InChI=1S/C15H18ClNO3S/c1-10-3-2-6-17(8-10)14(18)9-21-11-4-5-13(16)12(7-11)15(19)20/h4-5,7,10H,2-3,6,8-9H2,1H3,(H,19,20). The van der Waals surface area contributed by atoms with Gasteiger partial charge in [0.1, 0.15) is 0 Å². The molecule has 114 valence electrons. The van der Waals surface area contributed by atoms with E-state index in [9.17, 15) is 9.59 Å². The summed E-state index contributed by atoms with van der Waals surface area (Å²) in [5.41, 5.74) is 0.0701. The second-order valence-corrected chi connectivity index (χ2v) is 6.78. The number of piperidine rings is 1. The van der Waals surface area contributed by atoms with Gasteiger partial charge in [-0.3, -0.25) is 4.79 Å². The van der Waals surface area contributed by atoms with Crippen LogP contribution in [0, 0.1) is 5.92 Å². The van der Waals surface area contributed by atoms with E-state index in [1.807, 2.05) is 4.90 Å². The van der Waals surface area contributed by atoms with Crippen molar-refractivity contribution >= 4 is 35.2 Å². The Morgan fingerprint density at radius 2 is 2.24 bits per heavy atom. The van der Waals surface area contributed by atoms with Crippen molar-refractivity contribution in [1.82, 2.24) is 4.90 Å². The molecule has 21 heavy (non-hydrogen) atoms. The maximum atomic E-state index is 12.2. The Balaban J connectivity index is 1.95. The average Bonchev–Trinajstić information content (AvgIpc) is 2.45. The summed E-state index contributed by atoms with van der Waals surface area (Å²) in [5.74, 6) is -0.0632. The van der Waals surface area contributed by atoms with Gasteiger partial charge in [-0.1, -0.05) is 18.5 Å². The van der Waals surface area contributed by atoms with E-state index in [4.69, 9.17) is 16.7 Å². The number of carboxylic acid groups (broad SMARTS) is 1. The molecular weight excluding hydrogens is 310 g/mol. The zero-order valence-electron chi connectivity index (χ0n) is 11.8. The highest BCUT2D eigenvalue weighted by molar-refractivity contribution is 8.00. The topological polar surface area (TPSA) is 57.6 Å². The quantitative estimate of drug-likeness (QED) is 0.861. The van der Waals surface area contributed by atoms with Crippen molar-refractivity contribution in [2.45, 2.75) is 24.7 Å². The summed E-state index contributed by atoms with van der Waals surface area (Å²) in [6, 6.07) is 4.81. The van der Waals surface area contributed by atoms with E-state index >= 15 is 0 Å². The van der Waals surface area contributed by atoms with Crippen LogP contribution >= 0.6 is 23.4 Å². The van der Waals surface area contributed by atoms with Crippen LogP contribution in [-0.4, -0.2) is 40.7 Å². The molecule has 1 N–H and O–H groups in total. The van der Waals surface area contributed by atoms with Gasteiger partial charge >= 0.3 is 5.97 Å². The number of carboxylic acids is 1. The predicted octanol–water partition coefficient (Wildman–Crippen LogP) is 3.39. The first kappa shape index (κ1) is 16.2. The number of halogens is 1. The molecule has 1 aromatic carbocycles. The fourth-order valence-electron chi connectivity index (χ4n) is 2.41. The average molecular weight is 328 g/mol. The van der Waals surface area contributed by atoms with E-state index in [1.165, 1.54) is 24.2 Å². The molecule has 0 saturated carbocycles. The summed E-state index contributed by atoms with van der Waals surface area (Å²) >= 11 is 7.18. The minimum Gasteiger partial charge on any atom is -0.478 e. The number of carbonyl (C=O) groups excluding carboxylic acids is 1. The van der Waals surface area contributed by atoms with Gasteiger partial charge in [-0.25, -0.2) is 4.79 Å². The number of nitrogens with zero attached hydrogens (tertiary/aromatic N) is 1. The second kappa shape index (κ2) is 7.18. The lowest BCUT2D eigenvalue weighted by atomic mass is 10.0. The summed E-state index contributed by atoms with van der Waals surface area (Å²) in [4.78, 5) is 25.8. The number of rotatable bonds is 4. The third-order valence-electron chi connectivity index (χ3n) is 3.54. The van der Waals surface area contributed by atoms with Gasteiger partial charge in [-0.05, 0) is 37.0 Å². The van der Waals surface area contributed by atoms with Crippen molar-refractivity contribution in [3.8, 4) is 0 Å². The minimum atomic E-state index is -1.06. The summed E-state index contributed by atoms with van der Waals surface area (Å²) in [7, 11) is 0. The van der Waals surface area contributed by atoms with Crippen molar-refractivity contribution in [2.24, 2.45) is 5.92 Å². The Morgan fingerprint density at radius 1 is 1.48 bits per heavy atom. The molecule has 1 heterocycles. The van der Waals surface area contributed by atoms with Crippen LogP contribution in [0.15, 0.2) is 23.1 Å². The molecule has 1 aliphatic rings. The van der Waals surface area contributed by atoms with E-state index < -0.39 is 5.97 Å². The molecule has 6 heteroatoms. The smallest absolute Gasteiger partial charge is 0.337 e. The largest absolute Gasteiger partial charge is 0.478 e. The van der Waals surface area contributed by atoms with Crippen LogP contribution in [0.2, 0.25) is 5.02 Å². The van der Waals surface area contributed by atoms with E-state index in [1.54, 1.807) is 12.1 Å². The van der Waals surface area contributed by atoms with Gasteiger partial charge in [0.15, 0.2) is 0 Å². The van der Waals surface area contributed by atoms with E-state index in [-0.39, 0.29) is 16.5 Å². The molecule has 1 unspecified atom stereocenters. The molecule has 1 fully saturated rings. The first-order valence-corrected chi connectivity index (χ1v) is 8.27. The van der Waals surface area contributed by atoms with Crippen molar-refractivity contribution in [1.29, 1.82) is 0 Å². The van der Waals surface area contributed by atoms with Crippen LogP contribution in [0.25, 0.3) is 0 Å². The van der Waals surface area contributed by atoms with Gasteiger partial charge in [0.05, 0.1) is 16.3 Å². The monoisotopic (exact) mass is 327 g/mol. The number of benzene rings is 1. The van der Waals surface area contributed by atoms with Gasteiger partial charge in [-0.15, -0.1) is 11.8 Å². The summed E-state index contributed by atoms with van der Waals surface area (Å²) in [6.07, 6.45) is 2.23. The molecule has 1 atom stereocenters. The van der Waals surface area contributed by atoms with Crippen molar-refractivity contribution in [3.05, 3.63) is 28.8 Å². The molecule has 1 saturated heterocycles. The fourth-order valence-corrected chi connectivity index (χ4v) is 3.45. The molecule has 0 spiro atoms. The molecule has 0 aliphatic carbocycles. The summed E-state index contributed by atoms with van der Waals surface area (Å²) < 4.78 is 0. The maximum absolute atomic E-state index is 12.2. The van der Waals surface area contributed by atoms with E-state index in [2.05, 4.69) is 6.92 Å². The summed E-state index contributed by atoms with van der Waals surface area (Å²) in [5, 5.41) is 9.24. The Bertz CT molecular complexity index is 550. The third-order valence-corrected chi connectivity index (χ3v) is 4.85. The maximum Gasteiger partial charge on any atom is 0.337 e. The lowest BCUT2D eigenvalue weighted by molar-refractivity contribution is -0.130. The van der Waals surface area contributed by atoms with Gasteiger partial charge in [0.25, 0.3) is 0 Å². The van der Waals surface area contributed by atoms with E-state index in [0.29, 0.717) is 11.7 Å². The Morgan fingerprint density at radius 3 is 2.90 bits per heavy atom. The van der Waals surface area contributed by atoms with Crippen LogP contribution < -0.4 is 0 Å². The Labute approximate surface area is 133 Å². The first-order chi connectivity index (χ1) is 9.97. The molecule has 2 rings (SSSR count). The van der Waals surface area contributed by atoms with Crippen molar-refractivity contribution < 1.29 is 14.7 Å². The highest BCUT2D eigenvalue weighted by atomic mass is 35.5. The SMILES string of the molecule is CC1CCCN(C(=O)CSc2ccc(Cl)c(C(=O)O)c2)C1. The number of carbonyl (C=O) groups is 2. The number of amides is 1. The van der Waals surface area contributed by atoms with Crippen LogP contribution in [0.3, 0.4) is 0 Å². The molecule has 1 amide bonds. The molecule has 0 bridgehead atoms. The van der Waals surface area contributed by atoms with Crippen LogP contribution in [-0.2, 0) is 4.79 Å². The van der Waals surface area contributed by atoms with Crippen LogP contribution in [0.4, 0.5) is 0 Å². The lowest BCUT2D eigenvalue weighted by Gasteiger charge is -2.30. The normalized spacial score (nSPS) is 18.6. The van der Waals surface area contributed by atoms with Gasteiger partial charge in [-0.2, -0.15) is 0 Å². The van der Waals surface area contributed by atoms with Crippen molar-refractivity contribution in [2.75, 3.05) is 18.8 Å². The zero-order chi connectivity index (χ0) is 15.4. The zero-order valence-corrected chi connectivity index (χ0v) is 13.4. The third kappa shape index (κ3) is 4.38. The van der Waals surface area contributed by atoms with Gasteiger partial charge < -0.3 is 10.0 Å². The van der Waals surface area contributed by atoms with E-state index in [0.717, 1.165) is 24.4 Å². The Hall–Kier alpha value is -1.20. The first-order valence-electron chi connectivity index (χ1n) is 6.91. The molecule has 1 aromatic rings. The lowest BCUT2D eigenvalue weighted by Crippen LogP contribution is -2.40. The molecule has 1 aliphatic heterocycles. The van der Waals surface area contributed by atoms with Gasteiger partial charge in [0, 0.05) is 18.0 Å². The van der Waals surface area contributed by atoms with Crippen LogP contribution in [0.5, 0.6) is 0 Å². The molecule has 0 radical (unpaired) electrons. The predicted molar refractivity (Wildman–Crippen MR) is 84.1 cm³/mol. The number of likely N-dealkylation sites (tertiary alicyclic amines) is 1. The Kier molecular flexibility index (Phi) is 5.53. The molecule has 4 nitrogen and oxygen atoms in total. The number of thioether (sulfide) groups is 1. The number of hydrogen-bond acceptors (Lipinski definition) is 3. The molecular formula is C15H18ClNO3S. The van der Waals surface area contributed by atoms with Crippen molar-refractivity contribution in [3.63, 3.8) is 0 Å². The highest BCUT2D eigenvalue weighted by Crippen LogP contribution is 2.25. The number of aromatic carboxylic acids is 1. The highest BCUT2D eigenvalue weighted by Gasteiger charge is 2.21. The second-order valence-electron chi connectivity index (χ2n) is 5.32. The fraction of sp³-hybridized carbons (Fsp3) is 0.467. The number of hydrogen-bond donors (Lipinski definition) is 1.